The van der Waals surface area contributed by atoms with Gasteiger partial charge in [0.05, 0.1) is 49.7 Å². The van der Waals surface area contributed by atoms with Crippen molar-refractivity contribution in [3.63, 3.8) is 0 Å². The van der Waals surface area contributed by atoms with Crippen LogP contribution in [0.1, 0.15) is 22.3 Å². The number of aromatic amines is 1. The molecule has 0 saturated heterocycles. The van der Waals surface area contributed by atoms with Crippen LogP contribution in [0.25, 0.3) is 76.1 Å². The van der Waals surface area contributed by atoms with Crippen molar-refractivity contribution in [1.82, 2.24) is 39.9 Å². The Bertz CT molecular complexity index is 2590. The van der Waals surface area contributed by atoms with Crippen LogP contribution in [0.2, 0.25) is 0 Å². The molecule has 0 saturated carbocycles. The summed E-state index contributed by atoms with van der Waals surface area (Å²) in [6.07, 6.45) is 11.1. The molecule has 9 aromatic heterocycles. The van der Waals surface area contributed by atoms with Gasteiger partial charge in [-0.2, -0.15) is 0 Å². The third-order valence-electron chi connectivity index (χ3n) is 8.84. The zero-order chi connectivity index (χ0) is 37.7. The van der Waals surface area contributed by atoms with Crippen molar-refractivity contribution in [3.8, 4) is 43.2 Å². The second-order valence-corrected chi connectivity index (χ2v) is 15.2. The fourth-order valence-corrected chi connectivity index (χ4v) is 7.74. The minimum atomic E-state index is 0. The number of nitrogens with one attached hydrogen (secondary N) is 1. The minimum Gasteiger partial charge on any atom is -0.337 e. The molecule has 10 rings (SSSR count). The summed E-state index contributed by atoms with van der Waals surface area (Å²) < 4.78 is 0. The third kappa shape index (κ3) is 8.50. The molecule has 9 heterocycles. The summed E-state index contributed by atoms with van der Waals surface area (Å²) in [6, 6.07) is 32.7. The Morgan fingerprint density at radius 1 is 0.446 bits per heavy atom. The summed E-state index contributed by atoms with van der Waals surface area (Å²) in [7, 11) is 0. The van der Waals surface area contributed by atoms with Crippen LogP contribution in [0.15, 0.2) is 140 Å². The fraction of sp³-hybridized carbons (Fsp3) is 0.0889. The van der Waals surface area contributed by atoms with E-state index in [4.69, 9.17) is 4.98 Å². The Morgan fingerprint density at radius 3 is 1.39 bits per heavy atom. The minimum absolute atomic E-state index is 0. The van der Waals surface area contributed by atoms with E-state index in [2.05, 4.69) is 76.7 Å². The summed E-state index contributed by atoms with van der Waals surface area (Å²) in [5.41, 5.74) is 12.1. The van der Waals surface area contributed by atoms with Crippen molar-refractivity contribution in [2.75, 3.05) is 0 Å². The zero-order valence-corrected chi connectivity index (χ0v) is 34.5. The number of aromatic nitrogens is 8. The Morgan fingerprint density at radius 2 is 0.929 bits per heavy atom. The van der Waals surface area contributed by atoms with Crippen LogP contribution in [0.5, 0.6) is 0 Å². The number of pyridine rings is 6. The molecule has 0 amide bonds. The number of aryl methyl sites for hydroxylation is 4. The van der Waals surface area contributed by atoms with Crippen molar-refractivity contribution in [2.45, 2.75) is 27.7 Å². The number of nitrogens with zero attached hydrogens (tertiary/aromatic N) is 7. The maximum absolute atomic E-state index is 4.95. The smallest absolute Gasteiger partial charge is 0.148 e. The van der Waals surface area contributed by atoms with E-state index >= 15 is 0 Å². The van der Waals surface area contributed by atoms with E-state index in [1.165, 1.54) is 32.0 Å². The maximum Gasteiger partial charge on any atom is 0.148 e. The van der Waals surface area contributed by atoms with E-state index in [0.29, 0.717) is 0 Å². The Labute approximate surface area is 345 Å². The van der Waals surface area contributed by atoms with Gasteiger partial charge in [0.2, 0.25) is 0 Å². The molecule has 0 spiro atoms. The van der Waals surface area contributed by atoms with E-state index in [9.17, 15) is 0 Å². The molecule has 56 heavy (non-hydrogen) atoms. The van der Waals surface area contributed by atoms with Crippen molar-refractivity contribution < 1.29 is 19.5 Å². The fourth-order valence-electron chi connectivity index (χ4n) is 5.95. The molecule has 0 aliphatic heterocycles. The van der Waals surface area contributed by atoms with Crippen LogP contribution < -0.4 is 0 Å². The van der Waals surface area contributed by atoms with Gasteiger partial charge < -0.3 is 4.98 Å². The number of thiophene rings is 2. The molecular weight excluding hydrogens is 818 g/mol. The van der Waals surface area contributed by atoms with Gasteiger partial charge in [0.15, 0.2) is 0 Å². The van der Waals surface area contributed by atoms with E-state index in [1.54, 1.807) is 22.7 Å². The topological polar surface area (TPSA) is 106 Å². The summed E-state index contributed by atoms with van der Waals surface area (Å²) in [6.45, 7) is 8.11. The standard InChI is InChI=1S/C21H12N4S2.2C12H12N2.Ru/c1-4-12-17(22-9-1)18-13(5-2-10-23-18)20-19(12)24-21(25-20)16-8-7-15(27-16)14-6-3-11-26-14;2*1-9-3-5-11(13-7-9)12-6-4-10(2)8-14-12;/h1-11H,(H,24,25);2*3-8H,1-2H3;. The van der Waals surface area contributed by atoms with Crippen molar-refractivity contribution in [2.24, 2.45) is 0 Å². The number of rotatable bonds is 4. The van der Waals surface area contributed by atoms with Crippen molar-refractivity contribution >= 4 is 55.5 Å². The van der Waals surface area contributed by atoms with Gasteiger partial charge in [0, 0.05) is 77.2 Å². The molecule has 0 bridgehead atoms. The average molecular weight is 854 g/mol. The Balaban J connectivity index is 0.000000141. The van der Waals surface area contributed by atoms with Crippen LogP contribution in [0.4, 0.5) is 0 Å². The molecular formula is C45H36N8RuS2. The third-order valence-corrected chi connectivity index (χ3v) is 11.0. The first-order chi connectivity index (χ1) is 26.9. The van der Waals surface area contributed by atoms with Crippen LogP contribution in [0, 0.1) is 27.7 Å². The molecule has 276 valence electrons. The van der Waals surface area contributed by atoms with E-state index in [0.717, 1.165) is 66.3 Å². The van der Waals surface area contributed by atoms with E-state index in [-0.39, 0.29) is 19.5 Å². The maximum atomic E-state index is 4.95. The summed E-state index contributed by atoms with van der Waals surface area (Å²) in [5, 5.41) is 4.18. The molecule has 0 fully saturated rings. The molecule has 0 aliphatic carbocycles. The molecule has 0 unspecified atom stereocenters. The monoisotopic (exact) mass is 854 g/mol. The molecule has 0 atom stereocenters. The van der Waals surface area contributed by atoms with E-state index in [1.807, 2.05) is 126 Å². The first-order valence-electron chi connectivity index (χ1n) is 17.8. The van der Waals surface area contributed by atoms with Crippen molar-refractivity contribution in [3.05, 3.63) is 162 Å². The van der Waals surface area contributed by atoms with Gasteiger partial charge in [-0.25, -0.2) is 4.98 Å². The van der Waals surface area contributed by atoms with Gasteiger partial charge in [0.25, 0.3) is 0 Å². The SMILES string of the molecule is Cc1ccc(-c2ccc(C)cn2)nc1.Cc1ccc(-c2ccc(C)cn2)nc1.[Ru].c1csc(-c2ccc(-c3nc4c5cccnc5c5ncccc5c4[nH]3)s2)c1. The number of H-pyrrole nitrogens is 1. The molecule has 0 aliphatic rings. The average Bonchev–Trinajstić information content (AvgIpc) is 4.02. The largest absolute Gasteiger partial charge is 0.337 e. The Kier molecular flexibility index (Phi) is 11.9. The number of benzene rings is 1. The number of imidazole rings is 1. The normalized spacial score (nSPS) is 10.7. The molecule has 0 radical (unpaired) electrons. The van der Waals surface area contributed by atoms with Gasteiger partial charge >= 0.3 is 0 Å². The molecule has 10 aromatic rings. The second kappa shape index (κ2) is 17.3. The quantitative estimate of drug-likeness (QED) is 0.139. The van der Waals surface area contributed by atoms with E-state index < -0.39 is 0 Å². The van der Waals surface area contributed by atoms with Gasteiger partial charge in [-0.05, 0) is 122 Å². The van der Waals surface area contributed by atoms with Gasteiger partial charge in [-0.15, -0.1) is 22.7 Å². The predicted molar refractivity (Wildman–Crippen MR) is 227 cm³/mol. The predicted octanol–water partition coefficient (Wildman–Crippen LogP) is 11.6. The zero-order valence-electron chi connectivity index (χ0n) is 31.1. The van der Waals surface area contributed by atoms with Gasteiger partial charge in [-0.3, -0.25) is 29.9 Å². The van der Waals surface area contributed by atoms with Crippen LogP contribution >= 0.6 is 22.7 Å². The van der Waals surface area contributed by atoms with Crippen molar-refractivity contribution in [1.29, 1.82) is 0 Å². The molecule has 11 heteroatoms. The number of hydrogen-bond donors (Lipinski definition) is 1. The number of hydrogen-bond acceptors (Lipinski definition) is 9. The number of fused-ring (bicyclic) bond motifs is 6. The van der Waals surface area contributed by atoms with Crippen LogP contribution in [0.3, 0.4) is 0 Å². The second-order valence-electron chi connectivity index (χ2n) is 13.1. The first-order valence-corrected chi connectivity index (χ1v) is 19.5. The summed E-state index contributed by atoms with van der Waals surface area (Å²) in [5.74, 6) is 0.888. The molecule has 1 aromatic carbocycles. The van der Waals surface area contributed by atoms with Crippen LogP contribution in [-0.2, 0) is 19.5 Å². The Hall–Kier alpha value is -5.87. The molecule has 8 nitrogen and oxygen atoms in total. The first kappa shape index (κ1) is 38.4. The molecule has 1 N–H and O–H groups in total. The van der Waals surface area contributed by atoms with Gasteiger partial charge in [-0.1, -0.05) is 30.3 Å². The van der Waals surface area contributed by atoms with Gasteiger partial charge in [0.1, 0.15) is 5.82 Å². The van der Waals surface area contributed by atoms with Crippen LogP contribution in [-0.4, -0.2) is 39.9 Å². The summed E-state index contributed by atoms with van der Waals surface area (Å²) in [4.78, 5) is 38.6. The summed E-state index contributed by atoms with van der Waals surface area (Å²) >= 11 is 3.51.